The molecule has 6 nitrogen and oxygen atoms in total. The van der Waals surface area contributed by atoms with E-state index in [2.05, 4.69) is 5.32 Å². The highest BCUT2D eigenvalue weighted by atomic mass is 35.5. The first-order valence-electron chi connectivity index (χ1n) is 8.46. The van der Waals surface area contributed by atoms with E-state index in [1.807, 2.05) is 12.1 Å². The van der Waals surface area contributed by atoms with Crippen LogP contribution in [0.4, 0.5) is 5.69 Å². The minimum absolute atomic E-state index is 0.123. The van der Waals surface area contributed by atoms with Crippen molar-refractivity contribution >= 4 is 29.1 Å². The maximum atomic E-state index is 12.1. The summed E-state index contributed by atoms with van der Waals surface area (Å²) in [5.74, 6) is 0.889. The minimum Gasteiger partial charge on any atom is -0.497 e. The summed E-state index contributed by atoms with van der Waals surface area (Å²) in [4.78, 5) is 25.7. The minimum atomic E-state index is -0.148. The Morgan fingerprint density at radius 3 is 2.37 bits per heavy atom. The summed E-state index contributed by atoms with van der Waals surface area (Å²) in [6.07, 6.45) is 0.253. The Morgan fingerprint density at radius 1 is 1.07 bits per heavy atom. The van der Waals surface area contributed by atoms with Gasteiger partial charge in [0.15, 0.2) is 0 Å². The second-order valence-electron chi connectivity index (χ2n) is 5.86. The predicted octanol–water partition coefficient (Wildman–Crippen LogP) is 3.07. The van der Waals surface area contributed by atoms with Crippen molar-refractivity contribution in [1.29, 1.82) is 0 Å². The van der Waals surface area contributed by atoms with Gasteiger partial charge >= 0.3 is 0 Å². The van der Waals surface area contributed by atoms with Crippen LogP contribution in [-0.2, 0) is 16.0 Å². The molecule has 2 rings (SSSR count). The van der Waals surface area contributed by atoms with Gasteiger partial charge in [0, 0.05) is 31.1 Å². The molecular formula is C20H23ClN2O4. The average Bonchev–Trinajstić information content (AvgIpc) is 2.66. The van der Waals surface area contributed by atoms with Crippen molar-refractivity contribution in [2.45, 2.75) is 13.3 Å². The Hall–Kier alpha value is -2.73. The Balaban J connectivity index is 1.97. The monoisotopic (exact) mass is 390 g/mol. The number of carbonyl (C=O) groups excluding carboxylic acids is 2. The van der Waals surface area contributed by atoms with Crippen molar-refractivity contribution < 1.29 is 19.1 Å². The first kappa shape index (κ1) is 20.6. The van der Waals surface area contributed by atoms with E-state index >= 15 is 0 Å². The molecule has 0 unspecified atom stereocenters. The molecule has 0 radical (unpaired) electrons. The summed E-state index contributed by atoms with van der Waals surface area (Å²) >= 11 is 5.84. The summed E-state index contributed by atoms with van der Waals surface area (Å²) < 4.78 is 10.5. The largest absolute Gasteiger partial charge is 0.497 e. The lowest BCUT2D eigenvalue weighted by Crippen LogP contribution is -2.38. The van der Waals surface area contributed by atoms with Crippen molar-refractivity contribution in [3.05, 3.63) is 53.1 Å². The Kier molecular flexibility index (Phi) is 7.49. The summed E-state index contributed by atoms with van der Waals surface area (Å²) in [6, 6.07) is 12.3. The fraction of sp³-hybridized carbons (Fsp3) is 0.300. The van der Waals surface area contributed by atoms with E-state index in [-0.39, 0.29) is 18.2 Å². The SMILES string of the molecule is COc1ccc(N(CCNC(=O)Cc2ccc(Cl)cc2)C(C)=O)c(OC)c1. The summed E-state index contributed by atoms with van der Waals surface area (Å²) in [5, 5.41) is 3.46. The molecule has 2 aromatic rings. The van der Waals surface area contributed by atoms with Crippen molar-refractivity contribution in [1.82, 2.24) is 5.32 Å². The van der Waals surface area contributed by atoms with Gasteiger partial charge in [0.05, 0.1) is 26.3 Å². The third-order valence-electron chi connectivity index (χ3n) is 3.99. The molecule has 1 N–H and O–H groups in total. The molecule has 0 bridgehead atoms. The standard InChI is InChI=1S/C20H23ClN2O4/c1-14(24)23(18-9-8-17(26-2)13-19(18)27-3)11-10-22-20(25)12-15-4-6-16(21)7-5-15/h4-9,13H,10-12H2,1-3H3,(H,22,25). The number of carbonyl (C=O) groups is 2. The van der Waals surface area contributed by atoms with Crippen LogP contribution in [0.2, 0.25) is 5.02 Å². The lowest BCUT2D eigenvalue weighted by molar-refractivity contribution is -0.121. The molecule has 0 saturated heterocycles. The van der Waals surface area contributed by atoms with Crippen LogP contribution in [0.1, 0.15) is 12.5 Å². The second kappa shape index (κ2) is 9.83. The van der Waals surface area contributed by atoms with Crippen LogP contribution >= 0.6 is 11.6 Å². The molecule has 2 aromatic carbocycles. The maximum Gasteiger partial charge on any atom is 0.224 e. The molecule has 0 aliphatic carbocycles. The molecular weight excluding hydrogens is 368 g/mol. The van der Waals surface area contributed by atoms with E-state index in [1.54, 1.807) is 42.3 Å². The molecule has 0 atom stereocenters. The van der Waals surface area contributed by atoms with Gasteiger partial charge in [0.25, 0.3) is 0 Å². The first-order valence-corrected chi connectivity index (χ1v) is 8.83. The van der Waals surface area contributed by atoms with Gasteiger partial charge in [-0.15, -0.1) is 0 Å². The van der Waals surface area contributed by atoms with E-state index in [0.717, 1.165) is 5.56 Å². The zero-order valence-electron chi connectivity index (χ0n) is 15.6. The number of rotatable bonds is 8. The van der Waals surface area contributed by atoms with E-state index in [1.165, 1.54) is 14.0 Å². The number of hydrogen-bond acceptors (Lipinski definition) is 4. The summed E-state index contributed by atoms with van der Waals surface area (Å²) in [7, 11) is 3.10. The van der Waals surface area contributed by atoms with Crippen LogP contribution < -0.4 is 19.7 Å². The average molecular weight is 391 g/mol. The molecule has 0 aromatic heterocycles. The fourth-order valence-corrected chi connectivity index (χ4v) is 2.74. The van der Waals surface area contributed by atoms with Gasteiger partial charge in [-0.05, 0) is 29.8 Å². The molecule has 0 aliphatic rings. The van der Waals surface area contributed by atoms with Crippen LogP contribution in [-0.4, -0.2) is 39.1 Å². The van der Waals surface area contributed by atoms with Gasteiger partial charge in [-0.3, -0.25) is 9.59 Å². The number of nitrogens with one attached hydrogen (secondary N) is 1. The highest BCUT2D eigenvalue weighted by Gasteiger charge is 2.17. The van der Waals surface area contributed by atoms with E-state index in [4.69, 9.17) is 21.1 Å². The lowest BCUT2D eigenvalue weighted by Gasteiger charge is -2.23. The molecule has 0 heterocycles. The van der Waals surface area contributed by atoms with E-state index in [9.17, 15) is 9.59 Å². The van der Waals surface area contributed by atoms with Crippen LogP contribution in [0.15, 0.2) is 42.5 Å². The number of benzene rings is 2. The van der Waals surface area contributed by atoms with Crippen LogP contribution in [0.5, 0.6) is 11.5 Å². The molecule has 27 heavy (non-hydrogen) atoms. The topological polar surface area (TPSA) is 67.9 Å². The molecule has 0 spiro atoms. The van der Waals surface area contributed by atoms with Gasteiger partial charge in [0.2, 0.25) is 11.8 Å². The van der Waals surface area contributed by atoms with Crippen LogP contribution in [0.3, 0.4) is 0 Å². The van der Waals surface area contributed by atoms with Gasteiger partial charge in [-0.2, -0.15) is 0 Å². The number of anilines is 1. The van der Waals surface area contributed by atoms with Gasteiger partial charge < -0.3 is 19.7 Å². The number of nitrogens with zero attached hydrogens (tertiary/aromatic N) is 1. The van der Waals surface area contributed by atoms with Crippen LogP contribution in [0.25, 0.3) is 0 Å². The molecule has 0 fully saturated rings. The van der Waals surface area contributed by atoms with Gasteiger partial charge in [-0.25, -0.2) is 0 Å². The molecule has 144 valence electrons. The smallest absolute Gasteiger partial charge is 0.224 e. The highest BCUT2D eigenvalue weighted by Crippen LogP contribution is 2.32. The summed E-state index contributed by atoms with van der Waals surface area (Å²) in [5.41, 5.74) is 1.50. The van der Waals surface area contributed by atoms with Gasteiger partial charge in [0.1, 0.15) is 11.5 Å². The number of hydrogen-bond donors (Lipinski definition) is 1. The lowest BCUT2D eigenvalue weighted by atomic mass is 10.1. The van der Waals surface area contributed by atoms with Crippen molar-refractivity contribution in [2.75, 3.05) is 32.2 Å². The first-order chi connectivity index (χ1) is 12.9. The van der Waals surface area contributed by atoms with Gasteiger partial charge in [-0.1, -0.05) is 23.7 Å². The Morgan fingerprint density at radius 2 is 1.78 bits per heavy atom. The number of ether oxygens (including phenoxy) is 2. The zero-order valence-corrected chi connectivity index (χ0v) is 16.4. The molecule has 7 heteroatoms. The molecule has 2 amide bonds. The molecule has 0 saturated carbocycles. The predicted molar refractivity (Wildman–Crippen MR) is 106 cm³/mol. The third kappa shape index (κ3) is 5.89. The van der Waals surface area contributed by atoms with Crippen molar-refractivity contribution in [3.63, 3.8) is 0 Å². The quantitative estimate of drug-likeness (QED) is 0.752. The number of amides is 2. The van der Waals surface area contributed by atoms with E-state index in [0.29, 0.717) is 35.3 Å². The third-order valence-corrected chi connectivity index (χ3v) is 4.25. The van der Waals surface area contributed by atoms with Crippen LogP contribution in [0, 0.1) is 0 Å². The van der Waals surface area contributed by atoms with E-state index < -0.39 is 0 Å². The number of halogens is 1. The Labute approximate surface area is 164 Å². The highest BCUT2D eigenvalue weighted by molar-refractivity contribution is 6.30. The fourth-order valence-electron chi connectivity index (χ4n) is 2.61. The maximum absolute atomic E-state index is 12.1. The number of methoxy groups -OCH3 is 2. The zero-order chi connectivity index (χ0) is 19.8. The Bertz CT molecular complexity index is 793. The second-order valence-corrected chi connectivity index (χ2v) is 6.30. The van der Waals surface area contributed by atoms with Crippen molar-refractivity contribution in [2.24, 2.45) is 0 Å². The van der Waals surface area contributed by atoms with Crippen molar-refractivity contribution in [3.8, 4) is 11.5 Å². The normalized spacial score (nSPS) is 10.2. The summed E-state index contributed by atoms with van der Waals surface area (Å²) in [6.45, 7) is 2.12. The molecule has 0 aliphatic heterocycles.